The zero-order chi connectivity index (χ0) is 18.9. The van der Waals surface area contributed by atoms with Crippen LogP contribution in [0.3, 0.4) is 0 Å². The van der Waals surface area contributed by atoms with Gasteiger partial charge in [-0.1, -0.05) is 29.5 Å². The van der Waals surface area contributed by atoms with Crippen molar-refractivity contribution in [2.75, 3.05) is 5.32 Å². The molecular weight excluding hydrogens is 368 g/mol. The summed E-state index contributed by atoms with van der Waals surface area (Å²) < 4.78 is 3.96. The van der Waals surface area contributed by atoms with E-state index in [-0.39, 0.29) is 0 Å². The molecule has 4 aromatic rings. The van der Waals surface area contributed by atoms with E-state index in [1.165, 1.54) is 12.8 Å². The minimum absolute atomic E-state index is 0.690. The minimum Gasteiger partial charge on any atom is -0.357 e. The molecule has 0 spiro atoms. The average molecular weight is 391 g/mol. The van der Waals surface area contributed by atoms with Crippen LogP contribution in [0.15, 0.2) is 55.0 Å². The van der Waals surface area contributed by atoms with Gasteiger partial charge < -0.3 is 5.32 Å². The second kappa shape index (κ2) is 7.24. The Bertz CT molecular complexity index is 1070. The lowest BCUT2D eigenvalue weighted by Gasteiger charge is -2.00. The van der Waals surface area contributed by atoms with Gasteiger partial charge in [-0.05, 0) is 43.9 Å². The summed E-state index contributed by atoms with van der Waals surface area (Å²) in [5, 5.41) is 13.5. The van der Waals surface area contributed by atoms with E-state index in [0.717, 1.165) is 45.1 Å². The molecule has 0 atom stereocenters. The van der Waals surface area contributed by atoms with Crippen molar-refractivity contribution in [2.45, 2.75) is 32.9 Å². The zero-order valence-electron chi connectivity index (χ0n) is 15.7. The Morgan fingerprint density at radius 1 is 1.18 bits per heavy atom. The lowest BCUT2D eigenvalue weighted by Crippen LogP contribution is -1.99. The molecule has 6 nitrogen and oxygen atoms in total. The van der Waals surface area contributed by atoms with Crippen molar-refractivity contribution in [2.24, 2.45) is 5.92 Å². The van der Waals surface area contributed by atoms with Crippen LogP contribution in [-0.2, 0) is 13.1 Å². The maximum atomic E-state index is 4.74. The smallest absolute Gasteiger partial charge is 0.183 e. The topological polar surface area (TPSA) is 60.6 Å². The van der Waals surface area contributed by atoms with Crippen molar-refractivity contribution in [3.8, 4) is 16.3 Å². The summed E-state index contributed by atoms with van der Waals surface area (Å²) in [6.07, 6.45) is 8.69. The fourth-order valence-corrected chi connectivity index (χ4v) is 4.14. The van der Waals surface area contributed by atoms with Crippen LogP contribution < -0.4 is 5.32 Å². The highest BCUT2D eigenvalue weighted by molar-refractivity contribution is 7.19. The first-order valence-corrected chi connectivity index (χ1v) is 10.4. The molecule has 0 saturated heterocycles. The van der Waals surface area contributed by atoms with Crippen LogP contribution in [0.25, 0.3) is 16.3 Å². The SMILES string of the molecule is Cc1nc(NCc2cnn(-c3ccccc3)c2)sc1-c1ccn(CC2CC2)n1. The average Bonchev–Trinajstić information content (AvgIpc) is 3.09. The fraction of sp³-hybridized carbons (Fsp3) is 0.286. The Morgan fingerprint density at radius 2 is 2.04 bits per heavy atom. The van der Waals surface area contributed by atoms with Crippen molar-refractivity contribution < 1.29 is 0 Å². The maximum absolute atomic E-state index is 4.74. The van der Waals surface area contributed by atoms with Crippen LogP contribution in [-0.4, -0.2) is 24.5 Å². The van der Waals surface area contributed by atoms with Crippen LogP contribution in [0.1, 0.15) is 24.1 Å². The molecule has 0 bridgehead atoms. The van der Waals surface area contributed by atoms with Gasteiger partial charge in [0.1, 0.15) is 5.69 Å². The normalized spacial score (nSPS) is 13.8. The number of nitrogens with one attached hydrogen (secondary N) is 1. The summed E-state index contributed by atoms with van der Waals surface area (Å²) in [6.45, 7) is 3.77. The number of thiazole rings is 1. The minimum atomic E-state index is 0.690. The molecule has 1 fully saturated rings. The van der Waals surface area contributed by atoms with Gasteiger partial charge in [-0.15, -0.1) is 0 Å². The fourth-order valence-electron chi connectivity index (χ4n) is 3.21. The number of nitrogens with zero attached hydrogens (tertiary/aromatic N) is 5. The van der Waals surface area contributed by atoms with Crippen LogP contribution in [0, 0.1) is 12.8 Å². The Morgan fingerprint density at radius 3 is 2.86 bits per heavy atom. The second-order valence-corrected chi connectivity index (χ2v) is 8.28. The quantitative estimate of drug-likeness (QED) is 0.504. The van der Waals surface area contributed by atoms with Crippen LogP contribution in [0.2, 0.25) is 0 Å². The van der Waals surface area contributed by atoms with Crippen molar-refractivity contribution in [3.05, 3.63) is 66.2 Å². The molecule has 1 aliphatic carbocycles. The molecule has 28 heavy (non-hydrogen) atoms. The number of hydrogen-bond donors (Lipinski definition) is 1. The number of aromatic nitrogens is 5. The monoisotopic (exact) mass is 390 g/mol. The number of para-hydroxylation sites is 1. The number of rotatable bonds is 7. The molecular formula is C21H22N6S. The Balaban J connectivity index is 1.26. The van der Waals surface area contributed by atoms with Crippen LogP contribution >= 0.6 is 11.3 Å². The molecule has 0 aliphatic heterocycles. The van der Waals surface area contributed by atoms with Crippen LogP contribution in [0.4, 0.5) is 5.13 Å². The number of benzene rings is 1. The van der Waals surface area contributed by atoms with Gasteiger partial charge >= 0.3 is 0 Å². The lowest BCUT2D eigenvalue weighted by molar-refractivity contribution is 0.565. The molecule has 0 unspecified atom stereocenters. The summed E-state index contributed by atoms with van der Waals surface area (Å²) in [5.41, 5.74) is 4.21. The van der Waals surface area contributed by atoms with Gasteiger partial charge in [0.2, 0.25) is 0 Å². The van der Waals surface area contributed by atoms with E-state index in [9.17, 15) is 0 Å². The van der Waals surface area contributed by atoms with E-state index in [1.807, 2.05) is 54.3 Å². The highest BCUT2D eigenvalue weighted by Crippen LogP contribution is 2.33. The molecule has 1 aromatic carbocycles. The predicted octanol–water partition coefficient (Wildman–Crippen LogP) is 4.52. The third-order valence-electron chi connectivity index (χ3n) is 4.91. The molecule has 3 heterocycles. The third kappa shape index (κ3) is 3.71. The molecule has 3 aromatic heterocycles. The van der Waals surface area contributed by atoms with Gasteiger partial charge in [0.15, 0.2) is 5.13 Å². The van der Waals surface area contributed by atoms with Gasteiger partial charge in [-0.3, -0.25) is 4.68 Å². The highest BCUT2D eigenvalue weighted by Gasteiger charge is 2.22. The van der Waals surface area contributed by atoms with E-state index >= 15 is 0 Å². The Hall–Kier alpha value is -2.93. The first kappa shape index (κ1) is 17.2. The molecule has 142 valence electrons. The van der Waals surface area contributed by atoms with E-state index in [1.54, 1.807) is 11.3 Å². The number of anilines is 1. The van der Waals surface area contributed by atoms with Gasteiger partial charge in [-0.2, -0.15) is 10.2 Å². The first-order chi connectivity index (χ1) is 13.7. The van der Waals surface area contributed by atoms with Gasteiger partial charge in [-0.25, -0.2) is 9.67 Å². The summed E-state index contributed by atoms with van der Waals surface area (Å²) in [4.78, 5) is 5.82. The number of aryl methyl sites for hydroxylation is 1. The molecule has 5 rings (SSSR count). The van der Waals surface area contributed by atoms with Gasteiger partial charge in [0.25, 0.3) is 0 Å². The molecule has 7 heteroatoms. The van der Waals surface area contributed by atoms with Crippen LogP contribution in [0.5, 0.6) is 0 Å². The maximum Gasteiger partial charge on any atom is 0.183 e. The predicted molar refractivity (Wildman–Crippen MR) is 112 cm³/mol. The highest BCUT2D eigenvalue weighted by atomic mass is 32.1. The van der Waals surface area contributed by atoms with E-state index in [4.69, 9.17) is 5.10 Å². The van der Waals surface area contributed by atoms with Crippen molar-refractivity contribution in [3.63, 3.8) is 0 Å². The largest absolute Gasteiger partial charge is 0.357 e. The zero-order valence-corrected chi connectivity index (χ0v) is 16.6. The van der Waals surface area contributed by atoms with E-state index in [0.29, 0.717) is 6.54 Å². The lowest BCUT2D eigenvalue weighted by atomic mass is 10.3. The van der Waals surface area contributed by atoms with E-state index < -0.39 is 0 Å². The number of hydrogen-bond acceptors (Lipinski definition) is 5. The Labute approximate surface area is 167 Å². The molecule has 1 saturated carbocycles. The van der Waals surface area contributed by atoms with Gasteiger partial charge in [0.05, 0.1) is 22.5 Å². The van der Waals surface area contributed by atoms with Crippen molar-refractivity contribution in [1.29, 1.82) is 0 Å². The molecule has 0 radical (unpaired) electrons. The summed E-state index contributed by atoms with van der Waals surface area (Å²) >= 11 is 1.66. The van der Waals surface area contributed by atoms with Gasteiger partial charge in [0, 0.05) is 31.0 Å². The first-order valence-electron chi connectivity index (χ1n) is 9.59. The standard InChI is InChI=1S/C21H22N6S/c1-15-20(19-9-10-26(25-19)13-16-7-8-16)28-21(24-15)22-11-17-12-23-27(14-17)18-5-3-2-4-6-18/h2-6,9-10,12,14,16H,7-8,11,13H2,1H3,(H,22,24). The van der Waals surface area contributed by atoms with E-state index in [2.05, 4.69) is 32.3 Å². The molecule has 0 amide bonds. The molecule has 1 N–H and O–H groups in total. The Kier molecular flexibility index (Phi) is 4.44. The summed E-state index contributed by atoms with van der Waals surface area (Å²) in [6, 6.07) is 12.2. The second-order valence-electron chi connectivity index (χ2n) is 7.28. The van der Waals surface area contributed by atoms with Crippen molar-refractivity contribution in [1.82, 2.24) is 24.5 Å². The third-order valence-corrected chi connectivity index (χ3v) is 6.05. The summed E-state index contributed by atoms with van der Waals surface area (Å²) in [5.74, 6) is 0.823. The summed E-state index contributed by atoms with van der Waals surface area (Å²) in [7, 11) is 0. The van der Waals surface area contributed by atoms with Crippen molar-refractivity contribution >= 4 is 16.5 Å². The molecule has 1 aliphatic rings.